The lowest BCUT2D eigenvalue weighted by molar-refractivity contribution is -0.136. The molecule has 116 valence electrons. The molecule has 2 amide bonds. The topological polar surface area (TPSA) is 69.6 Å². The van der Waals surface area contributed by atoms with Gasteiger partial charge in [-0.25, -0.2) is 4.79 Å². The van der Waals surface area contributed by atoms with E-state index in [4.69, 9.17) is 5.11 Å². The van der Waals surface area contributed by atoms with Crippen molar-refractivity contribution in [2.75, 3.05) is 18.4 Å². The van der Waals surface area contributed by atoms with Gasteiger partial charge in [0.25, 0.3) is 0 Å². The zero-order chi connectivity index (χ0) is 15.8. The third-order valence-corrected chi connectivity index (χ3v) is 3.50. The molecule has 5 heteroatoms. The van der Waals surface area contributed by atoms with Gasteiger partial charge in [0.05, 0.1) is 6.42 Å². The van der Waals surface area contributed by atoms with Crippen LogP contribution in [0.5, 0.6) is 0 Å². The lowest BCUT2D eigenvalue weighted by atomic mass is 10.1. The van der Waals surface area contributed by atoms with E-state index >= 15 is 0 Å². The number of amides is 2. The first-order chi connectivity index (χ1) is 9.97. The maximum atomic E-state index is 12.3. The zero-order valence-corrected chi connectivity index (χ0v) is 12.9. The summed E-state index contributed by atoms with van der Waals surface area (Å²) in [4.78, 5) is 24.9. The normalized spacial score (nSPS) is 11.8. The van der Waals surface area contributed by atoms with Crippen LogP contribution in [0.2, 0.25) is 0 Å². The smallest absolute Gasteiger partial charge is 0.321 e. The summed E-state index contributed by atoms with van der Waals surface area (Å²) in [5.41, 5.74) is 1.17. The highest BCUT2D eigenvalue weighted by molar-refractivity contribution is 5.91. The number of rotatable bonds is 7. The van der Waals surface area contributed by atoms with Crippen molar-refractivity contribution in [3.8, 4) is 0 Å². The average molecular weight is 292 g/mol. The quantitative estimate of drug-likeness (QED) is 0.810. The Morgan fingerprint density at radius 3 is 2.52 bits per heavy atom. The number of carbonyl (C=O) groups excluding carboxylic acids is 1. The van der Waals surface area contributed by atoms with E-state index in [1.807, 2.05) is 6.92 Å². The molecule has 0 heterocycles. The fourth-order valence-electron chi connectivity index (χ4n) is 2.01. The first-order valence-electron chi connectivity index (χ1n) is 7.33. The Kier molecular flexibility index (Phi) is 6.72. The molecule has 1 rings (SSSR count). The highest BCUT2D eigenvalue weighted by Gasteiger charge is 2.16. The molecule has 0 bridgehead atoms. The summed E-state index contributed by atoms with van der Waals surface area (Å²) in [6, 6.07) is 6.81. The third-order valence-electron chi connectivity index (χ3n) is 3.50. The number of hydrogen-bond acceptors (Lipinski definition) is 2. The molecule has 0 saturated carbocycles. The fraction of sp³-hybridized carbons (Fsp3) is 0.500. The standard InChI is InChI=1S/C16H24N2O3/c1-4-12(3)11-18(5-2)16(21)17-14-9-7-6-8-13(14)10-15(19)20/h6-9,12H,4-5,10-11H2,1-3H3,(H,17,21)(H,19,20). The van der Waals surface area contributed by atoms with Crippen molar-refractivity contribution in [2.24, 2.45) is 5.92 Å². The third kappa shape index (κ3) is 5.45. The van der Waals surface area contributed by atoms with Crippen LogP contribution in [0.25, 0.3) is 0 Å². The van der Waals surface area contributed by atoms with Gasteiger partial charge in [-0.2, -0.15) is 0 Å². The monoisotopic (exact) mass is 292 g/mol. The van der Waals surface area contributed by atoms with Crippen LogP contribution in [-0.2, 0) is 11.2 Å². The van der Waals surface area contributed by atoms with E-state index in [9.17, 15) is 9.59 Å². The lowest BCUT2D eigenvalue weighted by Crippen LogP contribution is -2.38. The van der Waals surface area contributed by atoms with Crippen LogP contribution in [-0.4, -0.2) is 35.1 Å². The van der Waals surface area contributed by atoms with Gasteiger partial charge in [0.1, 0.15) is 0 Å². The molecule has 1 atom stereocenters. The van der Waals surface area contributed by atoms with Crippen LogP contribution in [0, 0.1) is 5.92 Å². The molecule has 0 spiro atoms. The summed E-state index contributed by atoms with van der Waals surface area (Å²) in [6.07, 6.45) is 0.910. The van der Waals surface area contributed by atoms with Gasteiger partial charge < -0.3 is 15.3 Å². The Morgan fingerprint density at radius 2 is 1.95 bits per heavy atom. The number of benzene rings is 1. The maximum Gasteiger partial charge on any atom is 0.321 e. The molecule has 0 aliphatic carbocycles. The first-order valence-corrected chi connectivity index (χ1v) is 7.33. The molecular weight excluding hydrogens is 268 g/mol. The van der Waals surface area contributed by atoms with Crippen LogP contribution in [0.3, 0.4) is 0 Å². The summed E-state index contributed by atoms with van der Waals surface area (Å²) in [6.45, 7) is 7.45. The van der Waals surface area contributed by atoms with E-state index in [0.717, 1.165) is 6.42 Å². The first kappa shape index (κ1) is 17.0. The number of urea groups is 1. The average Bonchev–Trinajstić information content (AvgIpc) is 2.45. The van der Waals surface area contributed by atoms with Crippen LogP contribution >= 0.6 is 0 Å². The highest BCUT2D eigenvalue weighted by Crippen LogP contribution is 2.17. The van der Waals surface area contributed by atoms with Gasteiger partial charge in [0, 0.05) is 18.8 Å². The number of hydrogen-bond donors (Lipinski definition) is 2. The fourth-order valence-corrected chi connectivity index (χ4v) is 2.01. The lowest BCUT2D eigenvalue weighted by Gasteiger charge is -2.25. The minimum absolute atomic E-state index is 0.103. The van der Waals surface area contributed by atoms with Gasteiger partial charge >= 0.3 is 12.0 Å². The van der Waals surface area contributed by atoms with Crippen molar-refractivity contribution in [1.82, 2.24) is 4.90 Å². The molecule has 0 radical (unpaired) electrons. The van der Waals surface area contributed by atoms with E-state index in [1.165, 1.54) is 0 Å². The second kappa shape index (κ2) is 8.29. The minimum Gasteiger partial charge on any atom is -0.481 e. The number of carbonyl (C=O) groups is 2. The predicted molar refractivity (Wildman–Crippen MR) is 83.5 cm³/mol. The van der Waals surface area contributed by atoms with Gasteiger partial charge in [-0.15, -0.1) is 0 Å². The van der Waals surface area contributed by atoms with Crippen molar-refractivity contribution < 1.29 is 14.7 Å². The minimum atomic E-state index is -0.913. The van der Waals surface area contributed by atoms with Crippen molar-refractivity contribution in [1.29, 1.82) is 0 Å². The molecule has 5 nitrogen and oxygen atoms in total. The van der Waals surface area contributed by atoms with E-state index in [0.29, 0.717) is 30.3 Å². The van der Waals surface area contributed by atoms with Gasteiger partial charge in [0.2, 0.25) is 0 Å². The molecule has 0 aliphatic rings. The number of nitrogens with zero attached hydrogens (tertiary/aromatic N) is 1. The SMILES string of the molecule is CCC(C)CN(CC)C(=O)Nc1ccccc1CC(=O)O. The van der Waals surface area contributed by atoms with Crippen molar-refractivity contribution >= 4 is 17.7 Å². The van der Waals surface area contributed by atoms with Crippen molar-refractivity contribution in [3.05, 3.63) is 29.8 Å². The van der Waals surface area contributed by atoms with E-state index < -0.39 is 5.97 Å². The van der Waals surface area contributed by atoms with Gasteiger partial charge in [-0.1, -0.05) is 38.5 Å². The molecule has 0 aliphatic heterocycles. The van der Waals surface area contributed by atoms with Crippen molar-refractivity contribution in [3.63, 3.8) is 0 Å². The summed E-state index contributed by atoms with van der Waals surface area (Å²) in [5.74, 6) is -0.478. The molecule has 2 N–H and O–H groups in total. The second-order valence-corrected chi connectivity index (χ2v) is 5.21. The molecular formula is C16H24N2O3. The largest absolute Gasteiger partial charge is 0.481 e. The van der Waals surface area contributed by atoms with Gasteiger partial charge in [-0.05, 0) is 24.5 Å². The Labute approximate surface area is 126 Å². The Bertz CT molecular complexity index is 488. The maximum absolute atomic E-state index is 12.3. The number of carboxylic acids is 1. The Morgan fingerprint density at radius 1 is 1.29 bits per heavy atom. The molecule has 1 aromatic carbocycles. The molecule has 0 saturated heterocycles. The molecule has 0 aromatic heterocycles. The summed E-state index contributed by atoms with van der Waals surface area (Å²) in [5, 5.41) is 11.7. The van der Waals surface area contributed by atoms with Gasteiger partial charge in [0.15, 0.2) is 0 Å². The van der Waals surface area contributed by atoms with Crippen molar-refractivity contribution in [2.45, 2.75) is 33.6 Å². The summed E-state index contributed by atoms with van der Waals surface area (Å²) >= 11 is 0. The number of nitrogens with one attached hydrogen (secondary N) is 1. The second-order valence-electron chi connectivity index (χ2n) is 5.21. The van der Waals surface area contributed by atoms with Crippen LogP contribution in [0.1, 0.15) is 32.8 Å². The molecule has 1 unspecified atom stereocenters. The van der Waals surface area contributed by atoms with E-state index in [2.05, 4.69) is 19.2 Å². The van der Waals surface area contributed by atoms with Crippen LogP contribution in [0.15, 0.2) is 24.3 Å². The molecule has 21 heavy (non-hydrogen) atoms. The zero-order valence-electron chi connectivity index (χ0n) is 12.9. The van der Waals surface area contributed by atoms with E-state index in [-0.39, 0.29) is 12.5 Å². The van der Waals surface area contributed by atoms with Crippen LogP contribution in [0.4, 0.5) is 10.5 Å². The predicted octanol–water partition coefficient (Wildman–Crippen LogP) is 3.21. The number of aliphatic carboxylic acids is 1. The highest BCUT2D eigenvalue weighted by atomic mass is 16.4. The van der Waals surface area contributed by atoms with Crippen LogP contribution < -0.4 is 5.32 Å². The Hall–Kier alpha value is -2.04. The summed E-state index contributed by atoms with van der Waals surface area (Å²) in [7, 11) is 0. The molecule has 1 aromatic rings. The summed E-state index contributed by atoms with van der Waals surface area (Å²) < 4.78 is 0. The Balaban J connectivity index is 2.79. The molecule has 0 fully saturated rings. The van der Waals surface area contributed by atoms with E-state index in [1.54, 1.807) is 29.2 Å². The number of anilines is 1. The number of para-hydroxylation sites is 1. The van der Waals surface area contributed by atoms with Gasteiger partial charge in [-0.3, -0.25) is 4.79 Å². The number of carboxylic acid groups (broad SMARTS) is 1.